The molecule has 0 aromatic carbocycles. The molecule has 1 aromatic rings. The van der Waals surface area contributed by atoms with Gasteiger partial charge in [-0.25, -0.2) is 4.79 Å². The number of aromatic nitrogens is 2. The average molecular weight is 359 g/mol. The lowest BCUT2D eigenvalue weighted by atomic mass is 10.1. The number of carbonyl (C=O) groups is 1. The van der Waals surface area contributed by atoms with Crippen molar-refractivity contribution >= 4 is 11.7 Å². The summed E-state index contributed by atoms with van der Waals surface area (Å²) in [6.45, 7) is -0.815. The summed E-state index contributed by atoms with van der Waals surface area (Å²) in [6.07, 6.45) is -1.34. The highest BCUT2D eigenvalue weighted by atomic mass is 19.3. The lowest BCUT2D eigenvalue weighted by molar-refractivity contribution is -0.141. The largest absolute Gasteiger partial charge is 0.394 e. The molecule has 3 atom stereocenters. The molecule has 3 unspecified atom stereocenters. The van der Waals surface area contributed by atoms with Crippen LogP contribution in [0.15, 0.2) is 17.1 Å². The quantitative estimate of drug-likeness (QED) is 0.711. The fourth-order valence-corrected chi connectivity index (χ4v) is 3.20. The summed E-state index contributed by atoms with van der Waals surface area (Å²) < 4.78 is 33.6. The van der Waals surface area contributed by atoms with Crippen LogP contribution >= 0.6 is 0 Å². The van der Waals surface area contributed by atoms with Crippen LogP contribution in [0, 0.1) is 5.92 Å². The number of halogens is 2. The van der Waals surface area contributed by atoms with Gasteiger partial charge in [-0.3, -0.25) is 9.36 Å². The van der Waals surface area contributed by atoms with Crippen LogP contribution in [-0.4, -0.2) is 50.4 Å². The SMILES string of the molecule is O=C(Nc1ccn(C2OC(CO)C(O)C2(F)F)c(=O)n1)C1CCCC1. The molecule has 0 bridgehead atoms. The van der Waals surface area contributed by atoms with Crippen molar-refractivity contribution in [2.75, 3.05) is 11.9 Å². The van der Waals surface area contributed by atoms with Gasteiger partial charge in [-0.15, -0.1) is 0 Å². The second-order valence-corrected chi connectivity index (χ2v) is 6.30. The van der Waals surface area contributed by atoms with Crippen molar-refractivity contribution in [2.24, 2.45) is 5.92 Å². The van der Waals surface area contributed by atoms with Gasteiger partial charge in [-0.05, 0) is 18.9 Å². The molecule has 1 saturated carbocycles. The molecular formula is C15H19F2N3O5. The maximum Gasteiger partial charge on any atom is 0.351 e. The number of ether oxygens (including phenoxy) is 1. The molecule has 1 aromatic heterocycles. The summed E-state index contributed by atoms with van der Waals surface area (Å²) in [7, 11) is 0. The van der Waals surface area contributed by atoms with Crippen LogP contribution in [0.3, 0.4) is 0 Å². The summed E-state index contributed by atoms with van der Waals surface area (Å²) in [5.41, 5.74) is -1.06. The Labute approximate surface area is 141 Å². The number of anilines is 1. The van der Waals surface area contributed by atoms with Crippen LogP contribution in [0.1, 0.15) is 31.9 Å². The van der Waals surface area contributed by atoms with Gasteiger partial charge >= 0.3 is 11.6 Å². The zero-order valence-electron chi connectivity index (χ0n) is 13.3. The van der Waals surface area contributed by atoms with E-state index in [2.05, 4.69) is 10.3 Å². The van der Waals surface area contributed by atoms with Gasteiger partial charge in [0, 0.05) is 12.1 Å². The van der Waals surface area contributed by atoms with Gasteiger partial charge in [-0.2, -0.15) is 13.8 Å². The number of carbonyl (C=O) groups excluding carboxylic acids is 1. The van der Waals surface area contributed by atoms with Crippen molar-refractivity contribution in [3.8, 4) is 0 Å². The number of alkyl halides is 2. The number of rotatable bonds is 4. The topological polar surface area (TPSA) is 114 Å². The average Bonchev–Trinajstić information content (AvgIpc) is 3.17. The molecular weight excluding hydrogens is 340 g/mol. The van der Waals surface area contributed by atoms with Crippen LogP contribution in [0.2, 0.25) is 0 Å². The lowest BCUT2D eigenvalue weighted by Gasteiger charge is -2.21. The number of hydrogen-bond acceptors (Lipinski definition) is 6. The monoisotopic (exact) mass is 359 g/mol. The minimum absolute atomic E-state index is 0.0290. The maximum atomic E-state index is 14.1. The van der Waals surface area contributed by atoms with E-state index in [4.69, 9.17) is 9.84 Å². The molecule has 2 heterocycles. The summed E-state index contributed by atoms with van der Waals surface area (Å²) >= 11 is 0. The highest BCUT2D eigenvalue weighted by Gasteiger charge is 2.59. The van der Waals surface area contributed by atoms with Crippen molar-refractivity contribution in [3.63, 3.8) is 0 Å². The number of nitrogens with one attached hydrogen (secondary N) is 1. The second-order valence-electron chi connectivity index (χ2n) is 6.30. The Morgan fingerprint density at radius 1 is 1.44 bits per heavy atom. The zero-order chi connectivity index (χ0) is 18.2. The molecule has 1 aliphatic carbocycles. The highest BCUT2D eigenvalue weighted by molar-refractivity contribution is 5.91. The van der Waals surface area contributed by atoms with E-state index in [-0.39, 0.29) is 17.6 Å². The van der Waals surface area contributed by atoms with Crippen molar-refractivity contribution in [1.82, 2.24) is 9.55 Å². The van der Waals surface area contributed by atoms with Gasteiger partial charge in [0.2, 0.25) is 12.1 Å². The van der Waals surface area contributed by atoms with E-state index in [0.717, 1.165) is 31.9 Å². The normalized spacial score (nSPS) is 29.0. The molecule has 1 amide bonds. The van der Waals surface area contributed by atoms with Crippen LogP contribution in [0.5, 0.6) is 0 Å². The number of amides is 1. The third-order valence-electron chi connectivity index (χ3n) is 4.62. The molecule has 2 fully saturated rings. The molecule has 8 nitrogen and oxygen atoms in total. The molecule has 3 rings (SSSR count). The Morgan fingerprint density at radius 2 is 2.12 bits per heavy atom. The Morgan fingerprint density at radius 3 is 2.68 bits per heavy atom. The molecule has 25 heavy (non-hydrogen) atoms. The smallest absolute Gasteiger partial charge is 0.351 e. The Hall–Kier alpha value is -1.91. The fourth-order valence-electron chi connectivity index (χ4n) is 3.20. The maximum absolute atomic E-state index is 14.1. The first-order valence-corrected chi connectivity index (χ1v) is 8.07. The molecule has 0 radical (unpaired) electrons. The molecule has 0 spiro atoms. The van der Waals surface area contributed by atoms with E-state index in [1.165, 1.54) is 6.07 Å². The summed E-state index contributed by atoms with van der Waals surface area (Å²) in [4.78, 5) is 27.7. The number of aliphatic hydroxyl groups is 2. The Balaban J connectivity index is 1.78. The standard InChI is InChI=1S/C15H19F2N3O5/c16-15(17)11(22)9(7-21)25-13(15)20-6-5-10(19-14(20)24)18-12(23)8-3-1-2-4-8/h5-6,8-9,11,13,21-22H,1-4,7H2,(H,18,19,23,24). The predicted molar refractivity (Wildman–Crippen MR) is 81.0 cm³/mol. The second kappa shape index (κ2) is 6.77. The Kier molecular flexibility index (Phi) is 4.85. The Bertz CT molecular complexity index is 705. The molecule has 1 aliphatic heterocycles. The molecule has 1 saturated heterocycles. The summed E-state index contributed by atoms with van der Waals surface area (Å²) in [5.74, 6) is -4.18. The first-order valence-electron chi connectivity index (χ1n) is 8.07. The lowest BCUT2D eigenvalue weighted by Crippen LogP contribution is -2.41. The first kappa shape index (κ1) is 17.9. The molecule has 10 heteroatoms. The summed E-state index contributed by atoms with van der Waals surface area (Å²) in [6, 6.07) is 1.21. The van der Waals surface area contributed by atoms with Crippen molar-refractivity contribution in [1.29, 1.82) is 0 Å². The first-order chi connectivity index (χ1) is 11.8. The molecule has 2 aliphatic rings. The predicted octanol–water partition coefficient (Wildman–Crippen LogP) is 0.258. The number of hydrogen-bond donors (Lipinski definition) is 3. The minimum atomic E-state index is -3.77. The van der Waals surface area contributed by atoms with Crippen molar-refractivity contribution in [3.05, 3.63) is 22.7 Å². The van der Waals surface area contributed by atoms with Crippen molar-refractivity contribution < 1.29 is 28.5 Å². The van der Waals surface area contributed by atoms with E-state index in [1.54, 1.807) is 0 Å². The molecule has 138 valence electrons. The van der Waals surface area contributed by atoms with Crippen LogP contribution in [0.4, 0.5) is 14.6 Å². The van der Waals surface area contributed by atoms with E-state index >= 15 is 0 Å². The van der Waals surface area contributed by atoms with Gasteiger partial charge < -0.3 is 20.3 Å². The van der Waals surface area contributed by atoms with Gasteiger partial charge in [0.15, 0.2) is 6.10 Å². The van der Waals surface area contributed by atoms with Crippen molar-refractivity contribution in [2.45, 2.75) is 50.0 Å². The van der Waals surface area contributed by atoms with E-state index in [9.17, 15) is 23.5 Å². The van der Waals surface area contributed by atoms with Crippen LogP contribution in [-0.2, 0) is 9.53 Å². The number of aliphatic hydroxyl groups excluding tert-OH is 2. The van der Waals surface area contributed by atoms with Gasteiger partial charge in [-0.1, -0.05) is 12.8 Å². The molecule has 3 N–H and O–H groups in total. The van der Waals surface area contributed by atoms with Crippen LogP contribution < -0.4 is 11.0 Å². The minimum Gasteiger partial charge on any atom is -0.394 e. The fraction of sp³-hybridized carbons (Fsp3) is 0.667. The van der Waals surface area contributed by atoms with Crippen LogP contribution in [0.25, 0.3) is 0 Å². The third-order valence-corrected chi connectivity index (χ3v) is 4.62. The zero-order valence-corrected chi connectivity index (χ0v) is 13.3. The van der Waals surface area contributed by atoms with Gasteiger partial charge in [0.1, 0.15) is 11.9 Å². The van der Waals surface area contributed by atoms with E-state index < -0.39 is 36.7 Å². The van der Waals surface area contributed by atoms with Gasteiger partial charge in [0.25, 0.3) is 0 Å². The number of nitrogens with zero attached hydrogens (tertiary/aromatic N) is 2. The van der Waals surface area contributed by atoms with Gasteiger partial charge in [0.05, 0.1) is 6.61 Å². The van der Waals surface area contributed by atoms with E-state index in [0.29, 0.717) is 4.57 Å². The third kappa shape index (κ3) is 3.29. The van der Waals surface area contributed by atoms with E-state index in [1.807, 2.05) is 0 Å². The highest BCUT2D eigenvalue weighted by Crippen LogP contribution is 2.41. The summed E-state index contributed by atoms with van der Waals surface area (Å²) in [5, 5.41) is 21.0.